The van der Waals surface area contributed by atoms with E-state index in [9.17, 15) is 0 Å². The van der Waals surface area contributed by atoms with Crippen molar-refractivity contribution in [3.05, 3.63) is 17.7 Å². The van der Waals surface area contributed by atoms with Gasteiger partial charge in [0.05, 0.1) is 27.4 Å². The number of methoxy groups -OCH3 is 3. The highest BCUT2D eigenvalue weighted by Crippen LogP contribution is 2.38. The van der Waals surface area contributed by atoms with Crippen LogP contribution in [0.3, 0.4) is 0 Å². The van der Waals surface area contributed by atoms with Gasteiger partial charge in [-0.15, -0.1) is 0 Å². The quantitative estimate of drug-likeness (QED) is 0.554. The SMILES string of the molecule is COc1cc(CNCCNC[C@@H](C)O)cc(OC)c1OC. The lowest BCUT2D eigenvalue weighted by atomic mass is 10.2. The van der Waals surface area contributed by atoms with Crippen LogP contribution in [0.1, 0.15) is 12.5 Å². The summed E-state index contributed by atoms with van der Waals surface area (Å²) in [5.74, 6) is 1.91. The van der Waals surface area contributed by atoms with Crippen molar-refractivity contribution in [2.75, 3.05) is 41.0 Å². The van der Waals surface area contributed by atoms with Crippen molar-refractivity contribution < 1.29 is 19.3 Å². The Balaban J connectivity index is 2.51. The fourth-order valence-corrected chi connectivity index (χ4v) is 1.96. The lowest BCUT2D eigenvalue weighted by Crippen LogP contribution is -2.31. The molecule has 0 aliphatic heterocycles. The Hall–Kier alpha value is -1.50. The van der Waals surface area contributed by atoms with E-state index in [2.05, 4.69) is 10.6 Å². The molecule has 6 heteroatoms. The van der Waals surface area contributed by atoms with Crippen molar-refractivity contribution in [3.8, 4) is 17.2 Å². The predicted molar refractivity (Wildman–Crippen MR) is 82.4 cm³/mol. The molecule has 3 N–H and O–H groups in total. The number of hydrogen-bond donors (Lipinski definition) is 3. The molecule has 0 radical (unpaired) electrons. The second-order valence-electron chi connectivity index (χ2n) is 4.76. The van der Waals surface area contributed by atoms with Crippen LogP contribution < -0.4 is 24.8 Å². The first-order valence-electron chi connectivity index (χ1n) is 7.00. The smallest absolute Gasteiger partial charge is 0.203 e. The summed E-state index contributed by atoms with van der Waals surface area (Å²) in [7, 11) is 4.80. The van der Waals surface area contributed by atoms with Crippen LogP contribution in [0, 0.1) is 0 Å². The zero-order valence-corrected chi connectivity index (χ0v) is 13.2. The van der Waals surface area contributed by atoms with E-state index >= 15 is 0 Å². The van der Waals surface area contributed by atoms with Crippen molar-refractivity contribution in [3.63, 3.8) is 0 Å². The summed E-state index contributed by atoms with van der Waals surface area (Å²) in [6, 6.07) is 3.86. The maximum absolute atomic E-state index is 9.13. The molecule has 1 atom stereocenters. The van der Waals surface area contributed by atoms with Crippen LogP contribution in [-0.2, 0) is 6.54 Å². The molecule has 0 amide bonds. The first-order chi connectivity index (χ1) is 10.1. The van der Waals surface area contributed by atoms with Crippen LogP contribution in [0.5, 0.6) is 17.2 Å². The van der Waals surface area contributed by atoms with Gasteiger partial charge >= 0.3 is 0 Å². The Bertz CT molecular complexity index is 399. The van der Waals surface area contributed by atoms with E-state index in [0.717, 1.165) is 18.7 Å². The molecule has 1 aromatic rings. The second-order valence-corrected chi connectivity index (χ2v) is 4.76. The Morgan fingerprint density at radius 2 is 1.57 bits per heavy atom. The van der Waals surface area contributed by atoms with E-state index < -0.39 is 0 Å². The maximum atomic E-state index is 9.13. The third-order valence-corrected chi connectivity index (χ3v) is 2.97. The largest absolute Gasteiger partial charge is 0.493 e. The lowest BCUT2D eigenvalue weighted by molar-refractivity contribution is 0.191. The predicted octanol–water partition coefficient (Wildman–Crippen LogP) is 0.772. The van der Waals surface area contributed by atoms with Crippen molar-refractivity contribution in [1.29, 1.82) is 0 Å². The molecular formula is C15H26N2O4. The molecule has 0 saturated heterocycles. The highest BCUT2D eigenvalue weighted by molar-refractivity contribution is 5.53. The van der Waals surface area contributed by atoms with Crippen LogP contribution in [0.25, 0.3) is 0 Å². The fraction of sp³-hybridized carbons (Fsp3) is 0.600. The number of aliphatic hydroxyl groups excluding tert-OH is 1. The highest BCUT2D eigenvalue weighted by Gasteiger charge is 2.12. The molecule has 6 nitrogen and oxygen atoms in total. The monoisotopic (exact) mass is 298 g/mol. The van der Waals surface area contributed by atoms with Gasteiger partial charge in [0.2, 0.25) is 5.75 Å². The van der Waals surface area contributed by atoms with Crippen LogP contribution in [0.2, 0.25) is 0 Å². The van der Waals surface area contributed by atoms with Crippen LogP contribution in [0.15, 0.2) is 12.1 Å². The van der Waals surface area contributed by atoms with Gasteiger partial charge in [0, 0.05) is 26.2 Å². The second kappa shape index (κ2) is 9.44. The first kappa shape index (κ1) is 17.6. The van der Waals surface area contributed by atoms with E-state index in [0.29, 0.717) is 30.3 Å². The van der Waals surface area contributed by atoms with Gasteiger partial charge in [0.15, 0.2) is 11.5 Å². The van der Waals surface area contributed by atoms with Crippen LogP contribution in [0.4, 0.5) is 0 Å². The molecule has 0 aliphatic rings. The fourth-order valence-electron chi connectivity index (χ4n) is 1.96. The minimum Gasteiger partial charge on any atom is -0.493 e. The molecule has 1 aromatic carbocycles. The van der Waals surface area contributed by atoms with Crippen molar-refractivity contribution in [2.45, 2.75) is 19.6 Å². The Morgan fingerprint density at radius 1 is 1.00 bits per heavy atom. The summed E-state index contributed by atoms with van der Waals surface area (Å²) < 4.78 is 15.9. The van der Waals surface area contributed by atoms with E-state index in [1.165, 1.54) is 0 Å². The minimum absolute atomic E-state index is 0.319. The van der Waals surface area contributed by atoms with E-state index in [1.807, 2.05) is 12.1 Å². The Labute approximate surface area is 126 Å². The molecule has 0 saturated carbocycles. The highest BCUT2D eigenvalue weighted by atomic mass is 16.5. The molecule has 0 aromatic heterocycles. The van der Waals surface area contributed by atoms with Gasteiger partial charge < -0.3 is 30.0 Å². The van der Waals surface area contributed by atoms with Crippen LogP contribution >= 0.6 is 0 Å². The van der Waals surface area contributed by atoms with Gasteiger partial charge in [-0.05, 0) is 24.6 Å². The maximum Gasteiger partial charge on any atom is 0.203 e. The molecule has 0 bridgehead atoms. The van der Waals surface area contributed by atoms with E-state index in [-0.39, 0.29) is 6.10 Å². The van der Waals surface area contributed by atoms with E-state index in [4.69, 9.17) is 19.3 Å². The lowest BCUT2D eigenvalue weighted by Gasteiger charge is -2.14. The summed E-state index contributed by atoms with van der Waals surface area (Å²) in [5.41, 5.74) is 1.06. The molecule has 0 aliphatic carbocycles. The minimum atomic E-state index is -0.319. The van der Waals surface area contributed by atoms with Gasteiger partial charge in [0.25, 0.3) is 0 Å². The Morgan fingerprint density at radius 3 is 2.05 bits per heavy atom. The molecule has 120 valence electrons. The van der Waals surface area contributed by atoms with Crippen molar-refractivity contribution >= 4 is 0 Å². The molecule has 0 unspecified atom stereocenters. The zero-order valence-electron chi connectivity index (χ0n) is 13.2. The summed E-state index contributed by atoms with van der Waals surface area (Å²) in [6.45, 7) is 4.67. The summed E-state index contributed by atoms with van der Waals surface area (Å²) in [4.78, 5) is 0. The molecule has 0 spiro atoms. The summed E-state index contributed by atoms with van der Waals surface area (Å²) in [5, 5.41) is 15.6. The molecule has 0 heterocycles. The van der Waals surface area contributed by atoms with Gasteiger partial charge in [0.1, 0.15) is 0 Å². The molecular weight excluding hydrogens is 272 g/mol. The molecule has 1 rings (SSSR count). The normalized spacial score (nSPS) is 12.0. The third-order valence-electron chi connectivity index (χ3n) is 2.97. The van der Waals surface area contributed by atoms with Crippen molar-refractivity contribution in [2.24, 2.45) is 0 Å². The average molecular weight is 298 g/mol. The van der Waals surface area contributed by atoms with Gasteiger partial charge in [-0.2, -0.15) is 0 Å². The number of aliphatic hydroxyl groups is 1. The van der Waals surface area contributed by atoms with Crippen LogP contribution in [-0.4, -0.2) is 52.2 Å². The summed E-state index contributed by atoms with van der Waals surface area (Å²) in [6.07, 6.45) is -0.319. The topological polar surface area (TPSA) is 72.0 Å². The summed E-state index contributed by atoms with van der Waals surface area (Å²) >= 11 is 0. The zero-order chi connectivity index (χ0) is 15.7. The number of benzene rings is 1. The number of hydrogen-bond acceptors (Lipinski definition) is 6. The first-order valence-corrected chi connectivity index (χ1v) is 7.00. The Kier molecular flexibility index (Phi) is 7.89. The van der Waals surface area contributed by atoms with Gasteiger partial charge in [-0.25, -0.2) is 0 Å². The van der Waals surface area contributed by atoms with Gasteiger partial charge in [-0.1, -0.05) is 0 Å². The number of ether oxygens (including phenoxy) is 3. The number of rotatable bonds is 10. The third kappa shape index (κ3) is 5.79. The number of nitrogens with one attached hydrogen (secondary N) is 2. The average Bonchev–Trinajstić information content (AvgIpc) is 2.49. The van der Waals surface area contributed by atoms with Gasteiger partial charge in [-0.3, -0.25) is 0 Å². The molecule has 21 heavy (non-hydrogen) atoms. The molecule has 0 fully saturated rings. The van der Waals surface area contributed by atoms with Crippen molar-refractivity contribution in [1.82, 2.24) is 10.6 Å². The standard InChI is InChI=1S/C15H26N2O4/c1-11(18)9-16-5-6-17-10-12-7-13(19-2)15(21-4)14(8-12)20-3/h7-8,11,16-18H,5-6,9-10H2,1-4H3/t11-/m1/s1. The van der Waals surface area contributed by atoms with E-state index in [1.54, 1.807) is 28.3 Å².